The summed E-state index contributed by atoms with van der Waals surface area (Å²) in [5, 5.41) is 0.126. The summed E-state index contributed by atoms with van der Waals surface area (Å²) in [5.41, 5.74) is 0.674. The van der Waals surface area contributed by atoms with Gasteiger partial charge < -0.3 is 10.1 Å². The lowest BCUT2D eigenvalue weighted by atomic mass is 10.2. The molecule has 1 N–H and O–H groups in total. The summed E-state index contributed by atoms with van der Waals surface area (Å²) < 4.78 is 30.5. The molecule has 27 heavy (non-hydrogen) atoms. The second kappa shape index (κ2) is 9.01. The maximum atomic E-state index is 12.8. The Hall–Kier alpha value is -2.38. The number of carbonyl (C=O) groups excluding carboxylic acids is 2. The number of amides is 1. The highest BCUT2D eigenvalue weighted by Gasteiger charge is 2.37. The van der Waals surface area contributed by atoms with Crippen LogP contribution < -0.4 is 5.32 Å². The van der Waals surface area contributed by atoms with Crippen molar-refractivity contribution in [3.63, 3.8) is 0 Å². The Balaban J connectivity index is 2.22. The first-order valence-electron chi connectivity index (χ1n) is 8.28. The number of ether oxygens (including phenoxy) is 1. The highest BCUT2D eigenvalue weighted by Crippen LogP contribution is 2.23. The van der Waals surface area contributed by atoms with Crippen LogP contribution in [0.15, 0.2) is 59.5 Å². The smallest absolute Gasteiger partial charge is 0.338 e. The van der Waals surface area contributed by atoms with Crippen molar-refractivity contribution in [3.8, 4) is 0 Å². The average molecular weight is 410 g/mol. The number of sulfone groups is 1. The van der Waals surface area contributed by atoms with Crippen LogP contribution in [-0.4, -0.2) is 37.5 Å². The summed E-state index contributed by atoms with van der Waals surface area (Å²) >= 11 is 6.04. The van der Waals surface area contributed by atoms with Crippen LogP contribution in [0.4, 0.5) is 5.69 Å². The van der Waals surface area contributed by atoms with E-state index in [2.05, 4.69) is 5.32 Å². The fourth-order valence-corrected chi connectivity index (χ4v) is 4.66. The van der Waals surface area contributed by atoms with Crippen LogP contribution in [0.2, 0.25) is 0 Å². The Morgan fingerprint density at radius 2 is 1.67 bits per heavy atom. The van der Waals surface area contributed by atoms with Gasteiger partial charge in [-0.25, -0.2) is 13.2 Å². The van der Waals surface area contributed by atoms with Gasteiger partial charge in [0.2, 0.25) is 5.91 Å². The Bertz CT molecular complexity index is 895. The summed E-state index contributed by atoms with van der Waals surface area (Å²) in [6.07, 6.45) is 0. The van der Waals surface area contributed by atoms with E-state index in [1.54, 1.807) is 25.1 Å². The van der Waals surface area contributed by atoms with Gasteiger partial charge in [0.05, 0.1) is 22.4 Å². The third kappa shape index (κ3) is 5.08. The molecule has 0 bridgehead atoms. The van der Waals surface area contributed by atoms with Crippen LogP contribution in [0.3, 0.4) is 0 Å². The minimum absolute atomic E-state index is 0.0234. The maximum absolute atomic E-state index is 12.8. The van der Waals surface area contributed by atoms with Crippen molar-refractivity contribution in [1.29, 1.82) is 0 Å². The molecule has 0 heterocycles. The number of alkyl halides is 1. The molecular formula is C19H20ClNO5S. The molecule has 8 heteroatoms. The molecule has 2 rings (SSSR count). The van der Waals surface area contributed by atoms with Crippen molar-refractivity contribution in [1.82, 2.24) is 0 Å². The van der Waals surface area contributed by atoms with Gasteiger partial charge in [-0.15, -0.1) is 11.6 Å². The van der Waals surface area contributed by atoms with E-state index in [1.807, 2.05) is 0 Å². The minimum atomic E-state index is -3.97. The lowest BCUT2D eigenvalue weighted by Crippen LogP contribution is -2.40. The van der Waals surface area contributed by atoms with Crippen LogP contribution in [0.5, 0.6) is 0 Å². The number of anilines is 1. The van der Waals surface area contributed by atoms with Crippen molar-refractivity contribution < 1.29 is 22.7 Å². The number of halogens is 1. The van der Waals surface area contributed by atoms with Crippen LogP contribution >= 0.6 is 11.6 Å². The Labute approximate surface area is 163 Å². The number of hydrogen-bond donors (Lipinski definition) is 1. The highest BCUT2D eigenvalue weighted by molar-refractivity contribution is 7.93. The summed E-state index contributed by atoms with van der Waals surface area (Å²) in [5.74, 6) is -1.22. The van der Waals surface area contributed by atoms with Gasteiger partial charge in [-0.3, -0.25) is 4.79 Å². The molecule has 0 aliphatic carbocycles. The van der Waals surface area contributed by atoms with Crippen molar-refractivity contribution in [2.24, 2.45) is 0 Å². The molecule has 0 saturated heterocycles. The zero-order valence-corrected chi connectivity index (χ0v) is 16.5. The first-order chi connectivity index (χ1) is 12.8. The molecule has 6 nitrogen and oxygen atoms in total. The second-order valence-electron chi connectivity index (χ2n) is 5.74. The fourth-order valence-electron chi connectivity index (χ4n) is 2.47. The number of benzene rings is 2. The van der Waals surface area contributed by atoms with Gasteiger partial charge in [0, 0.05) is 5.69 Å². The standard InChI is InChI=1S/C19H20ClNO5S/c1-3-26-19(23)14-9-11-15(12-10-14)21-18(22)17(13(2)20)27(24,25)16-7-5-4-6-8-16/h4-13,17H,3H2,1-2H3,(H,21,22). The van der Waals surface area contributed by atoms with E-state index in [-0.39, 0.29) is 11.5 Å². The zero-order chi connectivity index (χ0) is 20.0. The van der Waals surface area contributed by atoms with Crippen molar-refractivity contribution in [3.05, 3.63) is 60.2 Å². The molecule has 0 aliphatic rings. The quantitative estimate of drug-likeness (QED) is 0.560. The van der Waals surface area contributed by atoms with E-state index in [1.165, 1.54) is 43.3 Å². The summed E-state index contributed by atoms with van der Waals surface area (Å²) in [6.45, 7) is 3.41. The first-order valence-corrected chi connectivity index (χ1v) is 10.3. The molecule has 1 amide bonds. The van der Waals surface area contributed by atoms with E-state index < -0.39 is 32.3 Å². The Kier molecular flexibility index (Phi) is 6.98. The molecule has 144 valence electrons. The maximum Gasteiger partial charge on any atom is 0.338 e. The van der Waals surface area contributed by atoms with Crippen molar-refractivity contribution in [2.75, 3.05) is 11.9 Å². The van der Waals surface area contributed by atoms with Crippen LogP contribution in [0.25, 0.3) is 0 Å². The summed E-state index contributed by atoms with van der Waals surface area (Å²) in [4.78, 5) is 24.3. The third-order valence-corrected chi connectivity index (χ3v) is 6.37. The number of esters is 1. The molecule has 0 radical (unpaired) electrons. The topological polar surface area (TPSA) is 89.5 Å². The Morgan fingerprint density at radius 3 is 2.19 bits per heavy atom. The highest BCUT2D eigenvalue weighted by atomic mass is 35.5. The van der Waals surface area contributed by atoms with Crippen molar-refractivity contribution >= 4 is 39.0 Å². The first kappa shape index (κ1) is 20.9. The zero-order valence-electron chi connectivity index (χ0n) is 14.9. The van der Waals surface area contributed by atoms with Gasteiger partial charge in [0.25, 0.3) is 0 Å². The van der Waals surface area contributed by atoms with E-state index in [9.17, 15) is 18.0 Å². The molecule has 2 aromatic rings. The Morgan fingerprint density at radius 1 is 1.07 bits per heavy atom. The molecular weight excluding hydrogens is 390 g/mol. The SMILES string of the molecule is CCOC(=O)c1ccc(NC(=O)C(C(C)Cl)S(=O)(=O)c2ccccc2)cc1. The predicted octanol–water partition coefficient (Wildman–Crippen LogP) is 3.27. The van der Waals surface area contributed by atoms with Gasteiger partial charge in [-0.1, -0.05) is 18.2 Å². The summed E-state index contributed by atoms with van der Waals surface area (Å²) in [7, 11) is -3.97. The molecule has 0 fully saturated rings. The summed E-state index contributed by atoms with van der Waals surface area (Å²) in [6, 6.07) is 13.6. The van der Waals surface area contributed by atoms with E-state index >= 15 is 0 Å². The number of hydrogen-bond acceptors (Lipinski definition) is 5. The van der Waals surface area contributed by atoms with Gasteiger partial charge in [0.15, 0.2) is 15.1 Å². The normalized spacial score (nSPS) is 13.4. The van der Waals surface area contributed by atoms with E-state index in [0.29, 0.717) is 11.3 Å². The third-order valence-electron chi connectivity index (χ3n) is 3.75. The average Bonchev–Trinajstić information content (AvgIpc) is 2.62. The molecule has 0 spiro atoms. The molecule has 0 aliphatic heterocycles. The largest absolute Gasteiger partial charge is 0.462 e. The number of rotatable bonds is 7. The second-order valence-corrected chi connectivity index (χ2v) is 8.50. The van der Waals surface area contributed by atoms with Crippen molar-refractivity contribution in [2.45, 2.75) is 29.4 Å². The van der Waals surface area contributed by atoms with Gasteiger partial charge in [-0.2, -0.15) is 0 Å². The number of nitrogens with one attached hydrogen (secondary N) is 1. The molecule has 2 unspecified atom stereocenters. The van der Waals surface area contributed by atoms with Crippen LogP contribution in [-0.2, 0) is 19.4 Å². The monoisotopic (exact) mass is 409 g/mol. The molecule has 0 aromatic heterocycles. The van der Waals surface area contributed by atoms with Gasteiger partial charge in [0.1, 0.15) is 0 Å². The van der Waals surface area contributed by atoms with Gasteiger partial charge >= 0.3 is 5.97 Å². The minimum Gasteiger partial charge on any atom is -0.462 e. The fraction of sp³-hybridized carbons (Fsp3) is 0.263. The lowest BCUT2D eigenvalue weighted by Gasteiger charge is -2.19. The molecule has 2 atom stereocenters. The number of carbonyl (C=O) groups is 2. The van der Waals surface area contributed by atoms with E-state index in [4.69, 9.17) is 16.3 Å². The lowest BCUT2D eigenvalue weighted by molar-refractivity contribution is -0.115. The molecule has 0 saturated carbocycles. The van der Waals surface area contributed by atoms with Crippen LogP contribution in [0.1, 0.15) is 24.2 Å². The van der Waals surface area contributed by atoms with E-state index in [0.717, 1.165) is 0 Å². The van der Waals surface area contributed by atoms with Gasteiger partial charge in [-0.05, 0) is 50.2 Å². The molecule has 2 aromatic carbocycles. The predicted molar refractivity (Wildman–Crippen MR) is 104 cm³/mol. The van der Waals surface area contributed by atoms with Crippen LogP contribution in [0, 0.1) is 0 Å².